The van der Waals surface area contributed by atoms with Crippen molar-refractivity contribution in [1.29, 1.82) is 0 Å². The van der Waals surface area contributed by atoms with E-state index in [1.807, 2.05) is 6.92 Å². The second-order valence-electron chi connectivity index (χ2n) is 5.25. The average Bonchev–Trinajstić information content (AvgIpc) is 2.78. The largest absolute Gasteiger partial charge is 0.243 e. The fourth-order valence-electron chi connectivity index (χ4n) is 2.49. The van der Waals surface area contributed by atoms with Crippen molar-refractivity contribution < 1.29 is 16.8 Å². The zero-order valence-electron chi connectivity index (χ0n) is 12.0. The van der Waals surface area contributed by atoms with Gasteiger partial charge in [0, 0.05) is 12.6 Å². The highest BCUT2D eigenvalue weighted by Gasteiger charge is 2.38. The lowest BCUT2D eigenvalue weighted by molar-refractivity contribution is 0.340. The van der Waals surface area contributed by atoms with Gasteiger partial charge in [0.1, 0.15) is 0 Å². The Morgan fingerprint density at radius 1 is 1.27 bits per heavy atom. The first-order valence-corrected chi connectivity index (χ1v) is 10.9. The Morgan fingerprint density at radius 3 is 2.45 bits per heavy atom. The molecule has 0 aromatic heterocycles. The monoisotopic (exact) mass is 385 g/mol. The highest BCUT2D eigenvalue weighted by molar-refractivity contribution is 7.92. The van der Waals surface area contributed by atoms with Crippen molar-refractivity contribution in [1.82, 2.24) is 4.31 Å². The van der Waals surface area contributed by atoms with Gasteiger partial charge in [0.05, 0.1) is 26.4 Å². The summed E-state index contributed by atoms with van der Waals surface area (Å²) in [5, 5.41) is 0.421. The summed E-state index contributed by atoms with van der Waals surface area (Å²) in [5.41, 5.74) is 0. The van der Waals surface area contributed by atoms with Gasteiger partial charge >= 0.3 is 0 Å². The van der Waals surface area contributed by atoms with Crippen molar-refractivity contribution >= 4 is 43.1 Å². The van der Waals surface area contributed by atoms with Crippen LogP contribution in [0, 0.1) is 0 Å². The molecule has 1 fully saturated rings. The molecule has 2 rings (SSSR count). The maximum Gasteiger partial charge on any atom is 0.243 e. The van der Waals surface area contributed by atoms with Crippen LogP contribution in [-0.2, 0) is 19.9 Å². The fraction of sp³-hybridized carbons (Fsp3) is 0.538. The molecule has 1 saturated heterocycles. The van der Waals surface area contributed by atoms with Crippen LogP contribution in [-0.4, -0.2) is 45.2 Å². The van der Waals surface area contributed by atoms with Crippen LogP contribution in [0.3, 0.4) is 0 Å². The van der Waals surface area contributed by atoms with Gasteiger partial charge < -0.3 is 0 Å². The van der Waals surface area contributed by atoms with Gasteiger partial charge in [-0.2, -0.15) is 4.31 Å². The van der Waals surface area contributed by atoms with E-state index in [9.17, 15) is 16.8 Å². The number of sulfone groups is 1. The second-order valence-corrected chi connectivity index (χ2v) is 10.2. The topological polar surface area (TPSA) is 71.5 Å². The molecule has 0 aliphatic carbocycles. The smallest absolute Gasteiger partial charge is 0.229 e. The predicted molar refractivity (Wildman–Crippen MR) is 87.7 cm³/mol. The van der Waals surface area contributed by atoms with Crippen molar-refractivity contribution in [2.75, 3.05) is 18.1 Å². The van der Waals surface area contributed by atoms with Crippen molar-refractivity contribution in [3.63, 3.8) is 0 Å². The van der Waals surface area contributed by atoms with Crippen molar-refractivity contribution in [3.8, 4) is 0 Å². The number of hydrogen-bond acceptors (Lipinski definition) is 4. The van der Waals surface area contributed by atoms with Crippen LogP contribution < -0.4 is 0 Å². The quantitative estimate of drug-likeness (QED) is 0.780. The summed E-state index contributed by atoms with van der Waals surface area (Å²) in [4.78, 5) is 0.0275. The number of halogens is 2. The van der Waals surface area contributed by atoms with Crippen LogP contribution in [0.2, 0.25) is 10.0 Å². The van der Waals surface area contributed by atoms with Crippen LogP contribution in [0.25, 0.3) is 0 Å². The van der Waals surface area contributed by atoms with E-state index >= 15 is 0 Å². The standard InChI is InChI=1S/C13H17Cl2NO4S2/c1-2-6-16(10-5-7-21(17,18)9-10)22(19,20)11-3-4-12(14)13(15)8-11/h3-4,8,10H,2,5-7,9H2,1H3/t10-/m1/s1. The first-order chi connectivity index (χ1) is 10.2. The average molecular weight is 386 g/mol. The molecule has 0 bridgehead atoms. The van der Waals surface area contributed by atoms with E-state index in [4.69, 9.17) is 23.2 Å². The fourth-order valence-corrected chi connectivity index (χ4v) is 6.46. The van der Waals surface area contributed by atoms with Gasteiger partial charge in [0.25, 0.3) is 0 Å². The Kier molecular flexibility index (Phi) is 5.44. The second kappa shape index (κ2) is 6.65. The van der Waals surface area contributed by atoms with Crippen molar-refractivity contribution in [2.45, 2.75) is 30.7 Å². The molecule has 5 nitrogen and oxygen atoms in total. The molecule has 1 atom stereocenters. The lowest BCUT2D eigenvalue weighted by Gasteiger charge is -2.27. The Bertz CT molecular complexity index is 762. The van der Waals surface area contributed by atoms with Gasteiger partial charge in [-0.15, -0.1) is 0 Å². The van der Waals surface area contributed by atoms with Crippen LogP contribution in [0.1, 0.15) is 19.8 Å². The summed E-state index contributed by atoms with van der Waals surface area (Å²) < 4.78 is 50.2. The molecule has 1 heterocycles. The Balaban J connectivity index is 2.40. The maximum atomic E-state index is 12.8. The molecular formula is C13H17Cl2NO4S2. The van der Waals surface area contributed by atoms with Gasteiger partial charge in [-0.3, -0.25) is 0 Å². The molecule has 9 heteroatoms. The van der Waals surface area contributed by atoms with Crippen molar-refractivity contribution in [2.24, 2.45) is 0 Å². The number of sulfonamides is 1. The molecule has 0 unspecified atom stereocenters. The molecule has 1 aromatic rings. The molecule has 0 saturated carbocycles. The zero-order chi connectivity index (χ0) is 16.5. The predicted octanol–water partition coefficient (Wildman–Crippen LogP) is 2.58. The van der Waals surface area contributed by atoms with E-state index in [1.54, 1.807) is 0 Å². The molecule has 0 N–H and O–H groups in total. The number of rotatable bonds is 5. The third-order valence-corrected chi connectivity index (χ3v) is 7.99. The Hall–Kier alpha value is -0.340. The Morgan fingerprint density at radius 2 is 1.95 bits per heavy atom. The van der Waals surface area contributed by atoms with Gasteiger partial charge in [-0.1, -0.05) is 30.1 Å². The molecule has 0 radical (unpaired) electrons. The van der Waals surface area contributed by atoms with E-state index in [0.717, 1.165) is 0 Å². The van der Waals surface area contributed by atoms with Gasteiger partial charge in [0.15, 0.2) is 9.84 Å². The summed E-state index contributed by atoms with van der Waals surface area (Å²) in [6, 6.07) is 3.58. The minimum atomic E-state index is -3.81. The molecule has 22 heavy (non-hydrogen) atoms. The van der Waals surface area contributed by atoms with Crippen LogP contribution in [0.5, 0.6) is 0 Å². The van der Waals surface area contributed by atoms with E-state index in [2.05, 4.69) is 0 Å². The first-order valence-electron chi connectivity index (χ1n) is 6.84. The highest BCUT2D eigenvalue weighted by Crippen LogP contribution is 2.29. The van der Waals surface area contributed by atoms with Gasteiger partial charge in [0.2, 0.25) is 10.0 Å². The summed E-state index contributed by atoms with van der Waals surface area (Å²) in [5.74, 6) is -0.109. The zero-order valence-corrected chi connectivity index (χ0v) is 15.1. The van der Waals surface area contributed by atoms with Crippen molar-refractivity contribution in [3.05, 3.63) is 28.2 Å². The van der Waals surface area contributed by atoms with E-state index < -0.39 is 25.9 Å². The number of benzene rings is 1. The molecule has 1 aromatic carbocycles. The maximum absolute atomic E-state index is 12.8. The van der Waals surface area contributed by atoms with Crippen LogP contribution >= 0.6 is 23.2 Å². The third kappa shape index (κ3) is 3.76. The van der Waals surface area contributed by atoms with Crippen LogP contribution in [0.4, 0.5) is 0 Å². The minimum absolute atomic E-state index is 0.0226. The molecule has 0 amide bonds. The van der Waals surface area contributed by atoms with E-state index in [1.165, 1.54) is 22.5 Å². The number of hydrogen-bond donors (Lipinski definition) is 0. The third-order valence-electron chi connectivity index (χ3n) is 3.56. The first kappa shape index (κ1) is 18.0. The minimum Gasteiger partial charge on any atom is -0.229 e. The highest BCUT2D eigenvalue weighted by atomic mass is 35.5. The molecule has 1 aliphatic rings. The molecule has 124 valence electrons. The molecule has 0 spiro atoms. The normalized spacial score (nSPS) is 21.4. The summed E-state index contributed by atoms with van der Waals surface area (Å²) >= 11 is 11.7. The van der Waals surface area contributed by atoms with Crippen LogP contribution in [0.15, 0.2) is 23.1 Å². The Labute approximate surface area is 141 Å². The summed E-state index contributed by atoms with van der Waals surface area (Å²) in [7, 11) is -6.98. The lowest BCUT2D eigenvalue weighted by atomic mass is 10.2. The van der Waals surface area contributed by atoms with Gasteiger partial charge in [-0.25, -0.2) is 16.8 Å². The molecule has 1 aliphatic heterocycles. The SMILES string of the molecule is CCCN([C@@H]1CCS(=O)(=O)C1)S(=O)(=O)c1ccc(Cl)c(Cl)c1. The summed E-state index contributed by atoms with van der Waals surface area (Å²) in [6.07, 6.45) is 0.917. The number of nitrogens with zero attached hydrogens (tertiary/aromatic N) is 1. The van der Waals surface area contributed by atoms with Gasteiger partial charge in [-0.05, 0) is 31.0 Å². The summed E-state index contributed by atoms with van der Waals surface area (Å²) in [6.45, 7) is 2.11. The molecular weight excluding hydrogens is 369 g/mol. The lowest BCUT2D eigenvalue weighted by Crippen LogP contribution is -2.41. The van der Waals surface area contributed by atoms with E-state index in [-0.39, 0.29) is 33.0 Å². The van der Waals surface area contributed by atoms with E-state index in [0.29, 0.717) is 12.8 Å².